The molecule has 0 heterocycles. The lowest BCUT2D eigenvalue weighted by Crippen LogP contribution is -2.55. The SMILES string of the molecule is CSCC[C@H](N)C(=O)N[C@@H](CC(=O)O)C(=O)N[C@@H](Cc1ccccc1)C(=O)O. The van der Waals surface area contributed by atoms with Crippen LogP contribution in [0.15, 0.2) is 30.3 Å². The maximum atomic E-state index is 12.5. The van der Waals surface area contributed by atoms with Crippen molar-refractivity contribution >= 4 is 35.5 Å². The molecule has 1 rings (SSSR count). The summed E-state index contributed by atoms with van der Waals surface area (Å²) in [7, 11) is 0. The first-order valence-electron chi connectivity index (χ1n) is 8.58. The van der Waals surface area contributed by atoms with E-state index >= 15 is 0 Å². The second kappa shape index (κ2) is 12.0. The van der Waals surface area contributed by atoms with Crippen LogP contribution in [0.3, 0.4) is 0 Å². The Hall–Kier alpha value is -2.59. The molecule has 0 aliphatic heterocycles. The first-order valence-corrected chi connectivity index (χ1v) is 9.97. The summed E-state index contributed by atoms with van der Waals surface area (Å²) in [4.78, 5) is 47.1. The van der Waals surface area contributed by atoms with Crippen LogP contribution in [0.5, 0.6) is 0 Å². The molecule has 10 heteroatoms. The molecule has 28 heavy (non-hydrogen) atoms. The number of amides is 2. The van der Waals surface area contributed by atoms with Crippen molar-refractivity contribution in [2.75, 3.05) is 12.0 Å². The normalized spacial score (nSPS) is 13.8. The number of carbonyl (C=O) groups excluding carboxylic acids is 2. The van der Waals surface area contributed by atoms with Crippen molar-refractivity contribution in [2.24, 2.45) is 5.73 Å². The van der Waals surface area contributed by atoms with E-state index in [0.717, 1.165) is 0 Å². The highest BCUT2D eigenvalue weighted by molar-refractivity contribution is 7.98. The third-order valence-electron chi connectivity index (χ3n) is 3.88. The van der Waals surface area contributed by atoms with Crippen LogP contribution in [0.25, 0.3) is 0 Å². The van der Waals surface area contributed by atoms with Crippen molar-refractivity contribution in [3.8, 4) is 0 Å². The summed E-state index contributed by atoms with van der Waals surface area (Å²) >= 11 is 1.50. The van der Waals surface area contributed by atoms with Gasteiger partial charge in [0.1, 0.15) is 12.1 Å². The van der Waals surface area contributed by atoms with Gasteiger partial charge in [-0.15, -0.1) is 0 Å². The van der Waals surface area contributed by atoms with Crippen LogP contribution in [0.4, 0.5) is 0 Å². The zero-order chi connectivity index (χ0) is 21.1. The van der Waals surface area contributed by atoms with Crippen LogP contribution >= 0.6 is 11.8 Å². The topological polar surface area (TPSA) is 159 Å². The number of carboxylic acid groups (broad SMARTS) is 2. The Labute approximate surface area is 167 Å². The first kappa shape index (κ1) is 23.4. The molecule has 0 saturated carbocycles. The Morgan fingerprint density at radius 3 is 2.18 bits per heavy atom. The number of thioether (sulfide) groups is 1. The fraction of sp³-hybridized carbons (Fsp3) is 0.444. The Morgan fingerprint density at radius 2 is 1.64 bits per heavy atom. The van der Waals surface area contributed by atoms with Gasteiger partial charge in [-0.25, -0.2) is 4.79 Å². The van der Waals surface area contributed by atoms with Crippen molar-refractivity contribution in [3.63, 3.8) is 0 Å². The first-order chi connectivity index (χ1) is 13.2. The third-order valence-corrected chi connectivity index (χ3v) is 4.52. The van der Waals surface area contributed by atoms with E-state index < -0.39 is 48.3 Å². The van der Waals surface area contributed by atoms with Gasteiger partial charge >= 0.3 is 11.9 Å². The molecular formula is C18H25N3O6S. The van der Waals surface area contributed by atoms with E-state index in [4.69, 9.17) is 10.8 Å². The van der Waals surface area contributed by atoms with E-state index in [-0.39, 0.29) is 6.42 Å². The van der Waals surface area contributed by atoms with E-state index in [9.17, 15) is 24.3 Å². The Kier molecular flexibility index (Phi) is 10.0. The summed E-state index contributed by atoms with van der Waals surface area (Å²) in [5.41, 5.74) is 6.42. The Bertz CT molecular complexity index is 685. The minimum Gasteiger partial charge on any atom is -0.481 e. The molecule has 0 aliphatic rings. The summed E-state index contributed by atoms with van der Waals surface area (Å²) in [5.74, 6) is -3.51. The van der Waals surface area contributed by atoms with E-state index in [1.54, 1.807) is 30.3 Å². The van der Waals surface area contributed by atoms with Gasteiger partial charge in [-0.05, 0) is 24.0 Å². The molecule has 0 aromatic heterocycles. The molecule has 0 saturated heterocycles. The number of nitrogens with two attached hydrogens (primary N) is 1. The van der Waals surface area contributed by atoms with Crippen molar-refractivity contribution < 1.29 is 29.4 Å². The summed E-state index contributed by atoms with van der Waals surface area (Å²) in [6, 6.07) is 5.08. The predicted octanol–water partition coefficient (Wildman–Crippen LogP) is -0.162. The van der Waals surface area contributed by atoms with Crippen LogP contribution in [0.2, 0.25) is 0 Å². The zero-order valence-corrected chi connectivity index (χ0v) is 16.3. The van der Waals surface area contributed by atoms with Crippen LogP contribution in [-0.2, 0) is 25.6 Å². The highest BCUT2D eigenvalue weighted by atomic mass is 32.2. The highest BCUT2D eigenvalue weighted by Gasteiger charge is 2.29. The minimum atomic E-state index is -1.43. The quantitative estimate of drug-likeness (QED) is 0.317. The molecule has 0 aliphatic carbocycles. The molecule has 1 aromatic rings. The van der Waals surface area contributed by atoms with Gasteiger partial charge in [0, 0.05) is 6.42 Å². The molecule has 2 amide bonds. The van der Waals surface area contributed by atoms with Crippen molar-refractivity contribution in [3.05, 3.63) is 35.9 Å². The summed E-state index contributed by atoms with van der Waals surface area (Å²) in [6.45, 7) is 0. The maximum Gasteiger partial charge on any atom is 0.326 e. The molecule has 3 atom stereocenters. The molecule has 154 valence electrons. The van der Waals surface area contributed by atoms with Gasteiger partial charge in [-0.3, -0.25) is 14.4 Å². The van der Waals surface area contributed by atoms with Gasteiger partial charge in [0.25, 0.3) is 0 Å². The maximum absolute atomic E-state index is 12.5. The molecule has 9 nitrogen and oxygen atoms in total. The number of rotatable bonds is 12. The van der Waals surface area contributed by atoms with Crippen molar-refractivity contribution in [1.29, 1.82) is 0 Å². The highest BCUT2D eigenvalue weighted by Crippen LogP contribution is 2.05. The standard InChI is InChI=1S/C18H25N3O6S/c1-28-8-7-12(19)16(24)20-13(10-15(22)23)17(25)21-14(18(26)27)9-11-5-3-2-4-6-11/h2-6,12-14H,7-10,19H2,1H3,(H,20,24)(H,21,25)(H,22,23)(H,26,27)/t12-,13-,14-/m0/s1. The molecule has 0 radical (unpaired) electrons. The third kappa shape index (κ3) is 8.40. The van der Waals surface area contributed by atoms with Gasteiger partial charge in [-0.2, -0.15) is 11.8 Å². The van der Waals surface area contributed by atoms with Crippen LogP contribution in [-0.4, -0.2) is 64.1 Å². The fourth-order valence-electron chi connectivity index (χ4n) is 2.36. The lowest BCUT2D eigenvalue weighted by atomic mass is 10.0. The fourth-order valence-corrected chi connectivity index (χ4v) is 2.85. The molecule has 1 aromatic carbocycles. The van der Waals surface area contributed by atoms with Crippen LogP contribution < -0.4 is 16.4 Å². The lowest BCUT2D eigenvalue weighted by Gasteiger charge is -2.22. The van der Waals surface area contributed by atoms with Crippen molar-refractivity contribution in [1.82, 2.24) is 10.6 Å². The summed E-state index contributed by atoms with van der Waals surface area (Å²) in [6.07, 6.45) is 1.54. The molecule has 0 fully saturated rings. The number of carboxylic acids is 2. The van der Waals surface area contributed by atoms with Gasteiger partial charge in [0.15, 0.2) is 0 Å². The smallest absolute Gasteiger partial charge is 0.326 e. The summed E-state index contributed by atoms with van der Waals surface area (Å²) in [5, 5.41) is 23.0. The van der Waals surface area contributed by atoms with Gasteiger partial charge < -0.3 is 26.6 Å². The number of benzene rings is 1. The van der Waals surface area contributed by atoms with Crippen molar-refractivity contribution in [2.45, 2.75) is 37.4 Å². The second-order valence-electron chi connectivity index (χ2n) is 6.14. The number of hydrogen-bond donors (Lipinski definition) is 5. The van der Waals surface area contributed by atoms with E-state index in [1.165, 1.54) is 11.8 Å². The Morgan fingerprint density at radius 1 is 1.04 bits per heavy atom. The van der Waals surface area contributed by atoms with E-state index in [2.05, 4.69) is 10.6 Å². The second-order valence-corrected chi connectivity index (χ2v) is 7.12. The molecular weight excluding hydrogens is 386 g/mol. The van der Waals surface area contributed by atoms with Crippen LogP contribution in [0.1, 0.15) is 18.4 Å². The number of aliphatic carboxylic acids is 2. The predicted molar refractivity (Wildman–Crippen MR) is 105 cm³/mol. The molecule has 6 N–H and O–H groups in total. The monoisotopic (exact) mass is 411 g/mol. The zero-order valence-electron chi connectivity index (χ0n) is 15.5. The van der Waals surface area contributed by atoms with Gasteiger partial charge in [0.05, 0.1) is 12.5 Å². The van der Waals surface area contributed by atoms with Crippen LogP contribution in [0, 0.1) is 0 Å². The number of nitrogens with one attached hydrogen (secondary N) is 2. The molecule has 0 bridgehead atoms. The minimum absolute atomic E-state index is 0.0168. The van der Waals surface area contributed by atoms with Gasteiger partial charge in [0.2, 0.25) is 11.8 Å². The summed E-state index contributed by atoms with van der Waals surface area (Å²) < 4.78 is 0. The van der Waals surface area contributed by atoms with E-state index in [0.29, 0.717) is 17.7 Å². The average molecular weight is 411 g/mol. The number of hydrogen-bond acceptors (Lipinski definition) is 6. The number of carbonyl (C=O) groups is 4. The van der Waals surface area contributed by atoms with E-state index in [1.807, 2.05) is 6.26 Å². The molecule has 0 spiro atoms. The Balaban J connectivity index is 2.82. The lowest BCUT2D eigenvalue weighted by molar-refractivity contribution is -0.143. The average Bonchev–Trinajstić information content (AvgIpc) is 2.65. The molecule has 0 unspecified atom stereocenters. The van der Waals surface area contributed by atoms with Gasteiger partial charge in [-0.1, -0.05) is 30.3 Å². The largest absolute Gasteiger partial charge is 0.481 e.